The predicted molar refractivity (Wildman–Crippen MR) is 48.5 cm³/mol. The third-order valence-electron chi connectivity index (χ3n) is 2.16. The zero-order valence-electron chi connectivity index (χ0n) is 8.84. The van der Waals surface area contributed by atoms with Crippen molar-refractivity contribution >= 4 is 0 Å². The van der Waals surface area contributed by atoms with Crippen LogP contribution in [0.4, 0.5) is 13.2 Å². The average molecular weight is 227 g/mol. The fourth-order valence-electron chi connectivity index (χ4n) is 1.89. The number of morpholine rings is 1. The maximum absolute atomic E-state index is 12.2. The van der Waals surface area contributed by atoms with Gasteiger partial charge in [0.1, 0.15) is 0 Å². The number of alkyl halides is 3. The lowest BCUT2D eigenvalue weighted by Crippen LogP contribution is -2.55. The number of aliphatic hydroxyl groups is 1. The van der Waals surface area contributed by atoms with Crippen molar-refractivity contribution in [1.29, 1.82) is 0 Å². The van der Waals surface area contributed by atoms with E-state index in [1.807, 2.05) is 0 Å². The minimum atomic E-state index is -4.20. The molecule has 0 radical (unpaired) electrons. The summed E-state index contributed by atoms with van der Waals surface area (Å²) in [5, 5.41) is 8.91. The second-order valence-electron chi connectivity index (χ2n) is 4.47. The van der Waals surface area contributed by atoms with Gasteiger partial charge < -0.3 is 9.84 Å². The Hall–Kier alpha value is -0.330. The molecule has 3 nitrogen and oxygen atoms in total. The third kappa shape index (κ3) is 4.36. The van der Waals surface area contributed by atoms with Gasteiger partial charge in [0.25, 0.3) is 0 Å². The first-order chi connectivity index (χ1) is 6.72. The van der Waals surface area contributed by atoms with Crippen LogP contribution in [-0.4, -0.2) is 54.1 Å². The van der Waals surface area contributed by atoms with E-state index in [-0.39, 0.29) is 19.7 Å². The second kappa shape index (κ2) is 4.27. The van der Waals surface area contributed by atoms with Crippen LogP contribution in [0.3, 0.4) is 0 Å². The van der Waals surface area contributed by atoms with Crippen LogP contribution in [-0.2, 0) is 4.74 Å². The van der Waals surface area contributed by atoms with E-state index in [1.165, 1.54) is 4.90 Å². The molecule has 15 heavy (non-hydrogen) atoms. The Kier molecular flexibility index (Phi) is 3.63. The Bertz CT molecular complexity index is 216. The second-order valence-corrected chi connectivity index (χ2v) is 4.47. The summed E-state index contributed by atoms with van der Waals surface area (Å²) in [4.78, 5) is 1.27. The van der Waals surface area contributed by atoms with E-state index in [2.05, 4.69) is 0 Å². The molecule has 0 bridgehead atoms. The molecule has 1 unspecified atom stereocenters. The zero-order valence-corrected chi connectivity index (χ0v) is 8.84. The molecule has 90 valence electrons. The van der Waals surface area contributed by atoms with Gasteiger partial charge in [-0.05, 0) is 13.8 Å². The van der Waals surface area contributed by atoms with Gasteiger partial charge in [-0.25, -0.2) is 0 Å². The Morgan fingerprint density at radius 2 is 2.07 bits per heavy atom. The molecule has 1 N–H and O–H groups in total. The summed E-state index contributed by atoms with van der Waals surface area (Å²) in [6, 6.07) is 0. The number of aliphatic hydroxyl groups excluding tert-OH is 1. The van der Waals surface area contributed by atoms with Crippen molar-refractivity contribution in [2.75, 3.05) is 26.2 Å². The highest BCUT2D eigenvalue weighted by atomic mass is 19.4. The molecule has 1 fully saturated rings. The summed E-state index contributed by atoms with van der Waals surface area (Å²) in [6.07, 6.45) is -4.73. The zero-order chi connectivity index (χ0) is 11.7. The summed E-state index contributed by atoms with van der Waals surface area (Å²) in [5.41, 5.74) is -0.642. The van der Waals surface area contributed by atoms with Gasteiger partial charge in [0.05, 0.1) is 24.9 Å². The van der Waals surface area contributed by atoms with Crippen molar-refractivity contribution < 1.29 is 23.0 Å². The maximum Gasteiger partial charge on any atom is 0.401 e. The molecule has 1 atom stereocenters. The molecule has 1 rings (SSSR count). The number of hydrogen-bond acceptors (Lipinski definition) is 3. The average Bonchev–Trinajstić information content (AvgIpc) is 1.97. The molecule has 1 heterocycles. The van der Waals surface area contributed by atoms with Gasteiger partial charge in [-0.15, -0.1) is 0 Å². The van der Waals surface area contributed by atoms with Crippen molar-refractivity contribution in [3.05, 3.63) is 0 Å². The van der Waals surface area contributed by atoms with Crippen LogP contribution >= 0.6 is 0 Å². The molecule has 0 saturated carbocycles. The van der Waals surface area contributed by atoms with Crippen LogP contribution in [0.1, 0.15) is 13.8 Å². The van der Waals surface area contributed by atoms with E-state index in [4.69, 9.17) is 9.84 Å². The van der Waals surface area contributed by atoms with Gasteiger partial charge in [-0.2, -0.15) is 13.2 Å². The smallest absolute Gasteiger partial charge is 0.394 e. The highest BCUT2D eigenvalue weighted by Crippen LogP contribution is 2.24. The van der Waals surface area contributed by atoms with Crippen molar-refractivity contribution in [3.8, 4) is 0 Å². The monoisotopic (exact) mass is 227 g/mol. The van der Waals surface area contributed by atoms with Crippen molar-refractivity contribution in [2.45, 2.75) is 31.7 Å². The van der Waals surface area contributed by atoms with Gasteiger partial charge in [0, 0.05) is 13.1 Å². The molecule has 0 spiro atoms. The molecule has 0 aromatic heterocycles. The molecule has 6 heteroatoms. The van der Waals surface area contributed by atoms with E-state index in [9.17, 15) is 13.2 Å². The van der Waals surface area contributed by atoms with Crippen LogP contribution < -0.4 is 0 Å². The Morgan fingerprint density at radius 3 is 2.53 bits per heavy atom. The first-order valence-corrected chi connectivity index (χ1v) is 4.80. The normalized spacial score (nSPS) is 28.0. The fourth-order valence-corrected chi connectivity index (χ4v) is 1.89. The Labute approximate surface area is 86.8 Å². The summed E-state index contributed by atoms with van der Waals surface area (Å²) in [6.45, 7) is 2.59. The van der Waals surface area contributed by atoms with Crippen LogP contribution in [0, 0.1) is 0 Å². The highest BCUT2D eigenvalue weighted by molar-refractivity contribution is 4.84. The third-order valence-corrected chi connectivity index (χ3v) is 2.16. The predicted octanol–water partition coefficient (Wildman–Crippen LogP) is 1.02. The lowest BCUT2D eigenvalue weighted by atomic mass is 10.1. The van der Waals surface area contributed by atoms with E-state index < -0.39 is 24.4 Å². The molecule has 0 amide bonds. The highest BCUT2D eigenvalue weighted by Gasteiger charge is 2.38. The maximum atomic E-state index is 12.2. The van der Waals surface area contributed by atoms with Crippen LogP contribution in [0.5, 0.6) is 0 Å². The SMILES string of the molecule is CC1(C)CN(CC(F)(F)F)CC(CO)O1. The van der Waals surface area contributed by atoms with Crippen molar-refractivity contribution in [1.82, 2.24) is 4.90 Å². The molecule has 1 saturated heterocycles. The van der Waals surface area contributed by atoms with Crippen LogP contribution in [0.15, 0.2) is 0 Å². The molecular formula is C9H16F3NO2. The van der Waals surface area contributed by atoms with E-state index in [0.29, 0.717) is 0 Å². The lowest BCUT2D eigenvalue weighted by Gasteiger charge is -2.42. The molecule has 1 aliphatic rings. The summed E-state index contributed by atoms with van der Waals surface area (Å²) in [5.74, 6) is 0. The minimum absolute atomic E-state index is 0.124. The Morgan fingerprint density at radius 1 is 1.47 bits per heavy atom. The minimum Gasteiger partial charge on any atom is -0.394 e. The largest absolute Gasteiger partial charge is 0.401 e. The van der Waals surface area contributed by atoms with Crippen LogP contribution in [0.2, 0.25) is 0 Å². The molecule has 1 aliphatic heterocycles. The molecule has 0 aromatic carbocycles. The fraction of sp³-hybridized carbons (Fsp3) is 1.00. The molecular weight excluding hydrogens is 211 g/mol. The molecule has 0 aromatic rings. The summed E-state index contributed by atoms with van der Waals surface area (Å²) in [7, 11) is 0. The topological polar surface area (TPSA) is 32.7 Å². The van der Waals surface area contributed by atoms with Gasteiger partial charge in [-0.1, -0.05) is 0 Å². The quantitative estimate of drug-likeness (QED) is 0.764. The number of nitrogens with zero attached hydrogens (tertiary/aromatic N) is 1. The van der Waals surface area contributed by atoms with Gasteiger partial charge >= 0.3 is 6.18 Å². The van der Waals surface area contributed by atoms with Gasteiger partial charge in [-0.3, -0.25) is 4.90 Å². The Balaban J connectivity index is 2.58. The first kappa shape index (κ1) is 12.7. The lowest BCUT2D eigenvalue weighted by molar-refractivity contribution is -0.191. The number of halogens is 3. The van der Waals surface area contributed by atoms with Gasteiger partial charge in [0.15, 0.2) is 0 Å². The van der Waals surface area contributed by atoms with E-state index in [1.54, 1.807) is 13.8 Å². The van der Waals surface area contributed by atoms with E-state index >= 15 is 0 Å². The standard InChI is InChI=1S/C9H16F3NO2/c1-8(2)5-13(6-9(10,11)12)3-7(4-14)15-8/h7,14H,3-6H2,1-2H3. The van der Waals surface area contributed by atoms with E-state index in [0.717, 1.165) is 0 Å². The van der Waals surface area contributed by atoms with Crippen molar-refractivity contribution in [3.63, 3.8) is 0 Å². The van der Waals surface area contributed by atoms with Crippen molar-refractivity contribution in [2.24, 2.45) is 0 Å². The summed E-state index contributed by atoms with van der Waals surface area (Å²) < 4.78 is 41.9. The number of hydrogen-bond donors (Lipinski definition) is 1. The number of ether oxygens (including phenoxy) is 1. The number of rotatable bonds is 2. The van der Waals surface area contributed by atoms with Gasteiger partial charge in [0.2, 0.25) is 0 Å². The summed E-state index contributed by atoms with van der Waals surface area (Å²) >= 11 is 0. The molecule has 0 aliphatic carbocycles. The first-order valence-electron chi connectivity index (χ1n) is 4.80. The van der Waals surface area contributed by atoms with Crippen LogP contribution in [0.25, 0.3) is 0 Å².